The molecule has 0 bridgehead atoms. The van der Waals surface area contributed by atoms with E-state index in [1.165, 1.54) is 11.1 Å². The molecule has 1 aromatic carbocycles. The number of carbonyl (C=O) groups excluding carboxylic acids is 2. The minimum Gasteiger partial charge on any atom is -0.312 e. The molecular formula is C15H15NO2. The molecule has 0 saturated heterocycles. The summed E-state index contributed by atoms with van der Waals surface area (Å²) in [7, 11) is 0. The Bertz CT molecular complexity index is 564. The summed E-state index contributed by atoms with van der Waals surface area (Å²) in [6.07, 6.45) is 3.09. The number of amides is 1. The average Bonchev–Trinajstić information content (AvgIpc) is 2.78. The average molecular weight is 241 g/mol. The molecule has 3 aliphatic rings. The second-order valence-corrected chi connectivity index (χ2v) is 5.61. The van der Waals surface area contributed by atoms with Crippen LogP contribution >= 0.6 is 0 Å². The molecule has 92 valence electrons. The van der Waals surface area contributed by atoms with E-state index in [4.69, 9.17) is 0 Å². The predicted molar refractivity (Wildman–Crippen MR) is 67.6 cm³/mol. The van der Waals surface area contributed by atoms with E-state index in [1.54, 1.807) is 0 Å². The Hall–Kier alpha value is -1.64. The molecule has 2 aliphatic heterocycles. The summed E-state index contributed by atoms with van der Waals surface area (Å²) < 4.78 is 0. The van der Waals surface area contributed by atoms with Crippen molar-refractivity contribution < 1.29 is 9.59 Å². The van der Waals surface area contributed by atoms with E-state index in [0.29, 0.717) is 12.8 Å². The Balaban J connectivity index is 1.95. The van der Waals surface area contributed by atoms with Crippen molar-refractivity contribution in [3.05, 3.63) is 29.3 Å². The highest BCUT2D eigenvalue weighted by molar-refractivity contribution is 6.04. The number of para-hydroxylation sites is 1. The van der Waals surface area contributed by atoms with Gasteiger partial charge in [-0.25, -0.2) is 0 Å². The normalized spacial score (nSPS) is 29.2. The maximum Gasteiger partial charge on any atom is 0.231 e. The third kappa shape index (κ3) is 1.19. The first kappa shape index (κ1) is 10.3. The molecule has 3 heteroatoms. The first-order valence-electron chi connectivity index (χ1n) is 6.70. The van der Waals surface area contributed by atoms with Crippen LogP contribution in [-0.2, 0) is 16.0 Å². The van der Waals surface area contributed by atoms with Gasteiger partial charge in [0.2, 0.25) is 5.91 Å². The third-order valence-electron chi connectivity index (χ3n) is 4.61. The Morgan fingerprint density at radius 3 is 2.83 bits per heavy atom. The summed E-state index contributed by atoms with van der Waals surface area (Å²) in [6.45, 7) is 0.820. The molecule has 2 atom stereocenters. The molecule has 1 saturated carbocycles. The smallest absolute Gasteiger partial charge is 0.231 e. The van der Waals surface area contributed by atoms with E-state index >= 15 is 0 Å². The number of anilines is 1. The zero-order chi connectivity index (χ0) is 12.3. The number of hydrogen-bond acceptors (Lipinski definition) is 2. The van der Waals surface area contributed by atoms with Gasteiger partial charge in [0.15, 0.2) is 0 Å². The Labute approximate surface area is 106 Å². The van der Waals surface area contributed by atoms with Gasteiger partial charge in [0.05, 0.1) is 11.6 Å². The van der Waals surface area contributed by atoms with Crippen LogP contribution in [0.3, 0.4) is 0 Å². The number of rotatable bonds is 0. The molecule has 0 radical (unpaired) electrons. The molecule has 1 amide bonds. The van der Waals surface area contributed by atoms with Crippen LogP contribution in [0.1, 0.15) is 36.3 Å². The highest BCUT2D eigenvalue weighted by atomic mass is 16.2. The summed E-state index contributed by atoms with van der Waals surface area (Å²) in [6, 6.07) is 6.31. The largest absolute Gasteiger partial charge is 0.312 e. The molecule has 0 aromatic heterocycles. The molecule has 2 heterocycles. The minimum absolute atomic E-state index is 0.0849. The molecule has 18 heavy (non-hydrogen) atoms. The number of Topliss-reactive ketones (excluding diaryl/α,β-unsaturated/α-hetero) is 1. The van der Waals surface area contributed by atoms with Crippen LogP contribution in [-0.4, -0.2) is 18.2 Å². The minimum atomic E-state index is -0.0849. The van der Waals surface area contributed by atoms with E-state index in [0.717, 1.165) is 25.1 Å². The van der Waals surface area contributed by atoms with Crippen LogP contribution in [0.5, 0.6) is 0 Å². The fourth-order valence-corrected chi connectivity index (χ4v) is 3.85. The van der Waals surface area contributed by atoms with Crippen molar-refractivity contribution in [2.24, 2.45) is 5.92 Å². The number of nitrogens with zero attached hydrogens (tertiary/aromatic N) is 1. The van der Waals surface area contributed by atoms with Gasteiger partial charge in [0.25, 0.3) is 0 Å². The van der Waals surface area contributed by atoms with E-state index in [1.807, 2.05) is 4.90 Å². The van der Waals surface area contributed by atoms with Crippen LogP contribution in [0.2, 0.25) is 0 Å². The fourth-order valence-electron chi connectivity index (χ4n) is 3.85. The molecule has 1 fully saturated rings. The Morgan fingerprint density at radius 2 is 1.94 bits per heavy atom. The van der Waals surface area contributed by atoms with Crippen molar-refractivity contribution in [1.29, 1.82) is 0 Å². The van der Waals surface area contributed by atoms with Crippen molar-refractivity contribution in [2.75, 3.05) is 11.4 Å². The second-order valence-electron chi connectivity index (χ2n) is 5.61. The van der Waals surface area contributed by atoms with Gasteiger partial charge in [-0.05, 0) is 24.0 Å². The van der Waals surface area contributed by atoms with Gasteiger partial charge in [-0.15, -0.1) is 0 Å². The van der Waals surface area contributed by atoms with Gasteiger partial charge in [-0.1, -0.05) is 18.2 Å². The van der Waals surface area contributed by atoms with Crippen molar-refractivity contribution in [3.8, 4) is 0 Å². The lowest BCUT2D eigenvalue weighted by Gasteiger charge is -2.40. The highest BCUT2D eigenvalue weighted by Gasteiger charge is 2.47. The first-order valence-corrected chi connectivity index (χ1v) is 6.70. The lowest BCUT2D eigenvalue weighted by Crippen LogP contribution is -2.44. The molecule has 4 rings (SSSR count). The van der Waals surface area contributed by atoms with Gasteiger partial charge in [-0.2, -0.15) is 0 Å². The summed E-state index contributed by atoms with van der Waals surface area (Å²) in [4.78, 5) is 26.1. The summed E-state index contributed by atoms with van der Waals surface area (Å²) in [5.74, 6) is 0.494. The van der Waals surface area contributed by atoms with Crippen LogP contribution in [0.4, 0.5) is 5.69 Å². The zero-order valence-corrected chi connectivity index (χ0v) is 10.2. The van der Waals surface area contributed by atoms with Crippen molar-refractivity contribution in [3.63, 3.8) is 0 Å². The second kappa shape index (κ2) is 3.44. The summed E-state index contributed by atoms with van der Waals surface area (Å²) in [5, 5.41) is 0. The van der Waals surface area contributed by atoms with Crippen LogP contribution in [0.25, 0.3) is 0 Å². The predicted octanol–water partition coefficient (Wildman–Crippen LogP) is 2.04. The van der Waals surface area contributed by atoms with Gasteiger partial charge in [-0.3, -0.25) is 9.59 Å². The van der Waals surface area contributed by atoms with E-state index in [-0.39, 0.29) is 23.5 Å². The molecule has 3 nitrogen and oxygen atoms in total. The zero-order valence-electron chi connectivity index (χ0n) is 10.2. The van der Waals surface area contributed by atoms with Gasteiger partial charge in [0, 0.05) is 25.3 Å². The van der Waals surface area contributed by atoms with Crippen LogP contribution < -0.4 is 4.90 Å². The molecular weight excluding hydrogens is 226 g/mol. The lowest BCUT2D eigenvalue weighted by atomic mass is 9.80. The summed E-state index contributed by atoms with van der Waals surface area (Å²) in [5.41, 5.74) is 3.65. The van der Waals surface area contributed by atoms with Gasteiger partial charge < -0.3 is 4.90 Å². The van der Waals surface area contributed by atoms with Crippen molar-refractivity contribution in [1.82, 2.24) is 0 Å². The maximum atomic E-state index is 12.5. The molecule has 0 N–H and O–H groups in total. The van der Waals surface area contributed by atoms with Crippen molar-refractivity contribution >= 4 is 17.4 Å². The molecule has 1 aromatic rings. The number of fused-ring (bicyclic) bond motifs is 2. The Kier molecular flexibility index (Phi) is 1.97. The number of aryl methyl sites for hydroxylation is 1. The van der Waals surface area contributed by atoms with Crippen molar-refractivity contribution in [2.45, 2.75) is 31.6 Å². The van der Waals surface area contributed by atoms with Crippen LogP contribution in [0, 0.1) is 5.92 Å². The van der Waals surface area contributed by atoms with Gasteiger partial charge in [0.1, 0.15) is 5.78 Å². The molecule has 0 spiro atoms. The number of carbonyl (C=O) groups is 2. The SMILES string of the molecule is O=C1C[C@@H]2c3cccc4c3N(CCC4)C(=O)[C@@H]2C1. The molecule has 1 aliphatic carbocycles. The number of hydrogen-bond donors (Lipinski definition) is 0. The van der Waals surface area contributed by atoms with Gasteiger partial charge >= 0.3 is 0 Å². The standard InChI is InChI=1S/C15H15NO2/c17-10-7-12-11-5-1-3-9-4-2-6-16(14(9)11)15(18)13(12)8-10/h1,3,5,12-13H,2,4,6-8H2/t12-,13-/m1/s1. The lowest BCUT2D eigenvalue weighted by molar-refractivity contribution is -0.125. The fraction of sp³-hybridized carbons (Fsp3) is 0.467. The van der Waals surface area contributed by atoms with Crippen LogP contribution in [0.15, 0.2) is 18.2 Å². The first-order chi connectivity index (χ1) is 8.75. The van der Waals surface area contributed by atoms with E-state index < -0.39 is 0 Å². The van der Waals surface area contributed by atoms with E-state index in [9.17, 15) is 9.59 Å². The maximum absolute atomic E-state index is 12.5. The van der Waals surface area contributed by atoms with E-state index in [2.05, 4.69) is 18.2 Å². The number of ketones is 1. The monoisotopic (exact) mass is 241 g/mol. The highest BCUT2D eigenvalue weighted by Crippen LogP contribution is 2.49. The number of benzene rings is 1. The molecule has 0 unspecified atom stereocenters. The quantitative estimate of drug-likeness (QED) is 0.697. The Morgan fingerprint density at radius 1 is 1.11 bits per heavy atom. The topological polar surface area (TPSA) is 37.4 Å². The third-order valence-corrected chi connectivity index (χ3v) is 4.61. The summed E-state index contributed by atoms with van der Waals surface area (Å²) >= 11 is 0.